The van der Waals surface area contributed by atoms with E-state index in [1.807, 2.05) is 30.3 Å². The predicted molar refractivity (Wildman–Crippen MR) is 148 cm³/mol. The highest BCUT2D eigenvalue weighted by Crippen LogP contribution is 2.31. The van der Waals surface area contributed by atoms with Crippen molar-refractivity contribution >= 4 is 27.3 Å². The second-order valence-electron chi connectivity index (χ2n) is 9.32. The van der Waals surface area contributed by atoms with E-state index in [0.29, 0.717) is 35.7 Å². The Morgan fingerprint density at radius 1 is 1.03 bits per heavy atom. The van der Waals surface area contributed by atoms with Crippen LogP contribution >= 0.6 is 0 Å². The van der Waals surface area contributed by atoms with Crippen molar-refractivity contribution in [2.24, 2.45) is 0 Å². The van der Waals surface area contributed by atoms with E-state index in [4.69, 9.17) is 0 Å². The number of benzene rings is 3. The van der Waals surface area contributed by atoms with Gasteiger partial charge in [-0.25, -0.2) is 13.4 Å². The molecule has 0 spiro atoms. The minimum absolute atomic E-state index is 0.172. The topological polar surface area (TPSA) is 112 Å². The number of rotatable bonds is 7. The van der Waals surface area contributed by atoms with E-state index >= 15 is 0 Å². The normalized spacial score (nSPS) is 13.1. The molecular formula is C29H28N4O4S. The van der Waals surface area contributed by atoms with Gasteiger partial charge in [-0.05, 0) is 67.6 Å². The van der Waals surface area contributed by atoms with E-state index in [1.54, 1.807) is 49.4 Å². The molecule has 0 saturated carbocycles. The van der Waals surface area contributed by atoms with Crippen LogP contribution in [0.1, 0.15) is 29.7 Å². The number of fused-ring (bicyclic) bond motifs is 1. The highest BCUT2D eigenvalue weighted by atomic mass is 32.2. The summed E-state index contributed by atoms with van der Waals surface area (Å²) in [5.74, 6) is 0.267. The number of nitrogens with one attached hydrogen (secondary N) is 2. The van der Waals surface area contributed by atoms with Gasteiger partial charge in [-0.2, -0.15) is 0 Å². The maximum absolute atomic E-state index is 13.3. The Kier molecular flexibility index (Phi) is 7.11. The van der Waals surface area contributed by atoms with Crippen molar-refractivity contribution in [1.29, 1.82) is 0 Å². The predicted octanol–water partition coefficient (Wildman–Crippen LogP) is 4.46. The summed E-state index contributed by atoms with van der Waals surface area (Å²) in [6, 6.07) is 22.9. The van der Waals surface area contributed by atoms with Gasteiger partial charge < -0.3 is 10.3 Å². The van der Waals surface area contributed by atoms with Crippen LogP contribution in [-0.4, -0.2) is 30.8 Å². The second kappa shape index (κ2) is 10.6. The van der Waals surface area contributed by atoms with E-state index in [2.05, 4.69) is 15.3 Å². The van der Waals surface area contributed by atoms with E-state index in [0.717, 1.165) is 29.7 Å². The highest BCUT2D eigenvalue weighted by Gasteiger charge is 2.28. The Balaban J connectivity index is 1.22. The summed E-state index contributed by atoms with van der Waals surface area (Å²) in [7, 11) is -3.67. The molecular weight excluding hydrogens is 500 g/mol. The number of amides is 1. The molecule has 0 unspecified atom stereocenters. The molecule has 8 nitrogen and oxygen atoms in total. The molecule has 1 aliphatic rings. The van der Waals surface area contributed by atoms with Crippen molar-refractivity contribution in [2.75, 3.05) is 16.2 Å². The number of aryl methyl sites for hydroxylation is 3. The second-order valence-corrected chi connectivity index (χ2v) is 11.2. The standard InChI is InChI=1S/C29H28N4O4S/c1-20-18-28(35)32-29(30-20)23-7-4-9-24(19-23)31-27(34)16-13-21-11-14-25(15-12-21)38(36,37)33-17-5-8-22-6-2-3-10-26(22)33/h2-4,6-7,9-12,14-15,18-19H,5,8,13,16-17H2,1H3,(H,31,34)(H,30,32,35). The molecule has 1 aliphatic heterocycles. The molecule has 0 saturated heterocycles. The third-order valence-corrected chi connectivity index (χ3v) is 8.34. The zero-order chi connectivity index (χ0) is 26.7. The van der Waals surface area contributed by atoms with Gasteiger partial charge in [0.05, 0.1) is 10.6 Å². The lowest BCUT2D eigenvalue weighted by molar-refractivity contribution is -0.116. The van der Waals surface area contributed by atoms with Crippen molar-refractivity contribution in [3.63, 3.8) is 0 Å². The van der Waals surface area contributed by atoms with Crippen LogP contribution in [-0.2, 0) is 27.7 Å². The SMILES string of the molecule is Cc1cc(=O)[nH]c(-c2cccc(NC(=O)CCc3ccc(S(=O)(=O)N4CCCc5ccccc54)cc3)c2)n1. The van der Waals surface area contributed by atoms with E-state index in [9.17, 15) is 18.0 Å². The molecule has 38 heavy (non-hydrogen) atoms. The van der Waals surface area contributed by atoms with Gasteiger partial charge in [0.2, 0.25) is 5.91 Å². The monoisotopic (exact) mass is 528 g/mol. The number of hydrogen-bond donors (Lipinski definition) is 2. The summed E-state index contributed by atoms with van der Waals surface area (Å²) in [5.41, 5.74) is 4.32. The first-order valence-electron chi connectivity index (χ1n) is 12.5. The van der Waals surface area contributed by atoms with Gasteiger partial charge in [-0.15, -0.1) is 0 Å². The Hall–Kier alpha value is -4.24. The molecule has 3 aromatic carbocycles. The first kappa shape index (κ1) is 25.4. The van der Waals surface area contributed by atoms with Gasteiger partial charge in [0.1, 0.15) is 5.82 Å². The van der Waals surface area contributed by atoms with Crippen LogP contribution in [0.4, 0.5) is 11.4 Å². The van der Waals surface area contributed by atoms with Gasteiger partial charge in [0, 0.05) is 36.0 Å². The van der Waals surface area contributed by atoms with Crippen LogP contribution in [0.2, 0.25) is 0 Å². The molecule has 2 heterocycles. The molecule has 5 rings (SSSR count). The first-order valence-corrected chi connectivity index (χ1v) is 13.9. The van der Waals surface area contributed by atoms with Gasteiger partial charge >= 0.3 is 0 Å². The van der Waals surface area contributed by atoms with Gasteiger partial charge in [0.15, 0.2) is 0 Å². The maximum atomic E-state index is 13.3. The fourth-order valence-electron chi connectivity index (χ4n) is 4.65. The number of carbonyl (C=O) groups is 1. The van der Waals surface area contributed by atoms with Crippen LogP contribution in [0.15, 0.2) is 88.6 Å². The van der Waals surface area contributed by atoms with Crippen LogP contribution in [0, 0.1) is 6.92 Å². The van der Waals surface area contributed by atoms with Crippen molar-refractivity contribution in [3.05, 3.63) is 106 Å². The molecule has 0 fully saturated rings. The molecule has 2 N–H and O–H groups in total. The molecule has 0 aliphatic carbocycles. The van der Waals surface area contributed by atoms with Gasteiger partial charge in [-0.3, -0.25) is 13.9 Å². The minimum atomic E-state index is -3.67. The number of carbonyl (C=O) groups excluding carboxylic acids is 1. The quantitative estimate of drug-likeness (QED) is 0.368. The Morgan fingerprint density at radius 3 is 2.61 bits per heavy atom. The molecule has 1 amide bonds. The van der Waals surface area contributed by atoms with Crippen molar-refractivity contribution < 1.29 is 13.2 Å². The van der Waals surface area contributed by atoms with Gasteiger partial charge in [-0.1, -0.05) is 42.5 Å². The summed E-state index contributed by atoms with van der Waals surface area (Å²) in [5, 5.41) is 2.88. The number of hydrogen-bond acceptors (Lipinski definition) is 5. The zero-order valence-electron chi connectivity index (χ0n) is 21.0. The van der Waals surface area contributed by atoms with Gasteiger partial charge in [0.25, 0.3) is 15.6 Å². The molecule has 0 atom stereocenters. The van der Waals surface area contributed by atoms with Crippen molar-refractivity contribution in [2.45, 2.75) is 37.5 Å². The number of nitrogens with zero attached hydrogens (tertiary/aromatic N) is 2. The number of H-pyrrole nitrogens is 1. The van der Waals surface area contributed by atoms with Crippen LogP contribution in [0.5, 0.6) is 0 Å². The smallest absolute Gasteiger partial charge is 0.264 e. The van der Waals surface area contributed by atoms with E-state index < -0.39 is 10.0 Å². The van der Waals surface area contributed by atoms with Crippen LogP contribution < -0.4 is 15.2 Å². The fourth-order valence-corrected chi connectivity index (χ4v) is 6.19. The number of aromatic nitrogens is 2. The number of anilines is 2. The molecule has 0 radical (unpaired) electrons. The zero-order valence-corrected chi connectivity index (χ0v) is 21.8. The highest BCUT2D eigenvalue weighted by molar-refractivity contribution is 7.92. The number of para-hydroxylation sites is 1. The lowest BCUT2D eigenvalue weighted by atomic mass is 10.0. The van der Waals surface area contributed by atoms with Crippen molar-refractivity contribution in [1.82, 2.24) is 9.97 Å². The molecule has 4 aromatic rings. The summed E-state index contributed by atoms with van der Waals surface area (Å²) in [4.78, 5) is 31.7. The Bertz CT molecular complexity index is 1650. The molecule has 0 bridgehead atoms. The summed E-state index contributed by atoms with van der Waals surface area (Å²) in [6.07, 6.45) is 2.35. The Labute approximate surface area is 221 Å². The van der Waals surface area contributed by atoms with Crippen molar-refractivity contribution in [3.8, 4) is 11.4 Å². The lowest BCUT2D eigenvalue weighted by Crippen LogP contribution is -2.35. The Morgan fingerprint density at radius 2 is 1.82 bits per heavy atom. The average Bonchev–Trinajstić information content (AvgIpc) is 2.91. The minimum Gasteiger partial charge on any atom is -0.326 e. The van der Waals surface area contributed by atoms with E-state index in [-0.39, 0.29) is 22.8 Å². The maximum Gasteiger partial charge on any atom is 0.264 e. The number of aromatic amines is 1. The fraction of sp³-hybridized carbons (Fsp3) is 0.207. The third kappa shape index (κ3) is 5.52. The number of sulfonamides is 1. The summed E-state index contributed by atoms with van der Waals surface area (Å²) >= 11 is 0. The lowest BCUT2D eigenvalue weighted by Gasteiger charge is -2.30. The van der Waals surface area contributed by atoms with Crippen LogP contribution in [0.25, 0.3) is 11.4 Å². The average molecular weight is 529 g/mol. The molecule has 194 valence electrons. The largest absolute Gasteiger partial charge is 0.326 e. The van der Waals surface area contributed by atoms with E-state index in [1.165, 1.54) is 10.4 Å². The first-order chi connectivity index (χ1) is 18.3. The molecule has 1 aromatic heterocycles. The van der Waals surface area contributed by atoms with Crippen LogP contribution in [0.3, 0.4) is 0 Å². The summed E-state index contributed by atoms with van der Waals surface area (Å²) < 4.78 is 28.2. The third-order valence-electron chi connectivity index (χ3n) is 6.51. The summed E-state index contributed by atoms with van der Waals surface area (Å²) in [6.45, 7) is 2.21. The molecule has 9 heteroatoms.